The van der Waals surface area contributed by atoms with Crippen LogP contribution in [0.25, 0.3) is 10.2 Å². The van der Waals surface area contributed by atoms with Gasteiger partial charge in [0.1, 0.15) is 9.71 Å². The van der Waals surface area contributed by atoms with Crippen LogP contribution in [-0.4, -0.2) is 27.9 Å². The number of Topliss-reactive ketones (excluding diaryl/α,β-unsaturated/α-hetero) is 1. The number of hydrogen-bond acceptors (Lipinski definition) is 7. The van der Waals surface area contributed by atoms with Crippen LogP contribution in [0.2, 0.25) is 0 Å². The number of hydrogen-bond donors (Lipinski definition) is 0. The predicted octanol–water partition coefficient (Wildman–Crippen LogP) is 4.11. The minimum Gasteiger partial charge on any atom is -0.461 e. The monoisotopic (exact) mass is 438 g/mol. The maximum absolute atomic E-state index is 12.9. The van der Waals surface area contributed by atoms with E-state index in [1.165, 1.54) is 22.2 Å². The van der Waals surface area contributed by atoms with E-state index < -0.39 is 5.97 Å². The van der Waals surface area contributed by atoms with E-state index in [1.54, 1.807) is 19.1 Å². The first-order valence-corrected chi connectivity index (χ1v) is 11.0. The standard InChI is InChI=1S/C22H18N2O4S2/c1-14-18-20(23-13-24(21(18)26)12-16(25)17-8-5-11-29-17)30-19(14)22(27)28-10-9-15-6-3-2-4-7-15/h2-8,11,13H,9-10,12H2,1H3. The number of carbonyl (C=O) groups excluding carboxylic acids is 2. The summed E-state index contributed by atoms with van der Waals surface area (Å²) in [7, 11) is 0. The average Bonchev–Trinajstić information content (AvgIpc) is 3.39. The van der Waals surface area contributed by atoms with E-state index in [-0.39, 0.29) is 24.5 Å². The van der Waals surface area contributed by atoms with E-state index in [0.29, 0.717) is 32.0 Å². The van der Waals surface area contributed by atoms with Crippen molar-refractivity contribution in [3.63, 3.8) is 0 Å². The summed E-state index contributed by atoms with van der Waals surface area (Å²) in [5.74, 6) is -0.617. The smallest absolute Gasteiger partial charge is 0.348 e. The molecule has 0 atom stereocenters. The number of nitrogens with zero attached hydrogens (tertiary/aromatic N) is 2. The first kappa shape index (κ1) is 20.2. The van der Waals surface area contributed by atoms with Crippen LogP contribution in [0, 0.1) is 6.92 Å². The number of rotatable bonds is 7. The Bertz CT molecular complexity index is 1260. The van der Waals surface area contributed by atoms with Gasteiger partial charge in [0.2, 0.25) is 0 Å². The van der Waals surface area contributed by atoms with E-state index in [4.69, 9.17) is 4.74 Å². The fraction of sp³-hybridized carbons (Fsp3) is 0.182. The van der Waals surface area contributed by atoms with Crippen LogP contribution in [0.5, 0.6) is 0 Å². The van der Waals surface area contributed by atoms with Crippen LogP contribution in [0.4, 0.5) is 0 Å². The minimum absolute atomic E-state index is 0.0889. The molecule has 4 rings (SSSR count). The van der Waals surface area contributed by atoms with Gasteiger partial charge in [0.05, 0.1) is 29.7 Å². The lowest BCUT2D eigenvalue weighted by atomic mass is 10.2. The third kappa shape index (κ3) is 4.10. The quantitative estimate of drug-likeness (QED) is 0.321. The predicted molar refractivity (Wildman–Crippen MR) is 118 cm³/mol. The lowest BCUT2D eigenvalue weighted by Crippen LogP contribution is -2.24. The summed E-state index contributed by atoms with van der Waals surface area (Å²) in [6.07, 6.45) is 1.98. The topological polar surface area (TPSA) is 78.3 Å². The van der Waals surface area contributed by atoms with Crippen molar-refractivity contribution in [1.82, 2.24) is 9.55 Å². The molecule has 0 fully saturated rings. The number of esters is 1. The van der Waals surface area contributed by atoms with E-state index in [0.717, 1.165) is 16.9 Å². The zero-order chi connectivity index (χ0) is 21.1. The molecule has 30 heavy (non-hydrogen) atoms. The average molecular weight is 439 g/mol. The number of aromatic nitrogens is 2. The molecule has 0 aliphatic rings. The maximum atomic E-state index is 12.9. The van der Waals surface area contributed by atoms with Crippen molar-refractivity contribution in [2.75, 3.05) is 6.61 Å². The van der Waals surface area contributed by atoms with Crippen LogP contribution in [-0.2, 0) is 17.7 Å². The van der Waals surface area contributed by atoms with Crippen LogP contribution in [0.15, 0.2) is 59.0 Å². The van der Waals surface area contributed by atoms with Crippen LogP contribution in [0.1, 0.15) is 30.5 Å². The molecule has 0 N–H and O–H groups in total. The number of aryl methyl sites for hydroxylation is 1. The van der Waals surface area contributed by atoms with Gasteiger partial charge in [-0.2, -0.15) is 0 Å². The van der Waals surface area contributed by atoms with Crippen molar-refractivity contribution in [2.45, 2.75) is 19.9 Å². The molecule has 0 spiro atoms. The lowest BCUT2D eigenvalue weighted by Gasteiger charge is -2.04. The molecule has 0 unspecified atom stereocenters. The van der Waals surface area contributed by atoms with Gasteiger partial charge in [-0.05, 0) is 29.5 Å². The Hall–Kier alpha value is -3.10. The van der Waals surface area contributed by atoms with Gasteiger partial charge in [-0.25, -0.2) is 9.78 Å². The highest BCUT2D eigenvalue weighted by Crippen LogP contribution is 2.27. The second-order valence-corrected chi connectivity index (χ2v) is 8.63. The Morgan fingerprint density at radius 3 is 2.67 bits per heavy atom. The van der Waals surface area contributed by atoms with Gasteiger partial charge >= 0.3 is 5.97 Å². The summed E-state index contributed by atoms with van der Waals surface area (Å²) >= 11 is 2.47. The van der Waals surface area contributed by atoms with Gasteiger partial charge < -0.3 is 4.74 Å². The Morgan fingerprint density at radius 2 is 1.93 bits per heavy atom. The zero-order valence-corrected chi connectivity index (χ0v) is 17.8. The number of carbonyl (C=O) groups is 2. The molecule has 1 aromatic carbocycles. The second-order valence-electron chi connectivity index (χ2n) is 6.69. The summed E-state index contributed by atoms with van der Waals surface area (Å²) in [6.45, 7) is 1.87. The van der Waals surface area contributed by atoms with Crippen LogP contribution >= 0.6 is 22.7 Å². The molecule has 6 nitrogen and oxygen atoms in total. The molecule has 4 aromatic rings. The third-order valence-electron chi connectivity index (χ3n) is 4.68. The van der Waals surface area contributed by atoms with Crippen molar-refractivity contribution >= 4 is 44.6 Å². The molecular formula is C22H18N2O4S2. The first-order chi connectivity index (χ1) is 14.5. The van der Waals surface area contributed by atoms with E-state index >= 15 is 0 Å². The lowest BCUT2D eigenvalue weighted by molar-refractivity contribution is 0.0514. The summed E-state index contributed by atoms with van der Waals surface area (Å²) in [5, 5.41) is 2.17. The fourth-order valence-corrected chi connectivity index (χ4v) is 4.80. The highest BCUT2D eigenvalue weighted by atomic mass is 32.1. The Balaban J connectivity index is 1.53. The molecule has 3 heterocycles. The summed E-state index contributed by atoms with van der Waals surface area (Å²) in [6, 6.07) is 13.3. The highest BCUT2D eigenvalue weighted by molar-refractivity contribution is 7.20. The van der Waals surface area contributed by atoms with Crippen molar-refractivity contribution in [2.24, 2.45) is 0 Å². The summed E-state index contributed by atoms with van der Waals surface area (Å²) in [5.41, 5.74) is 1.29. The van der Waals surface area contributed by atoms with Crippen molar-refractivity contribution in [3.05, 3.63) is 85.4 Å². The fourth-order valence-electron chi connectivity index (χ4n) is 3.11. The van der Waals surface area contributed by atoms with Gasteiger partial charge in [0, 0.05) is 6.42 Å². The molecule has 8 heteroatoms. The van der Waals surface area contributed by atoms with Crippen molar-refractivity contribution in [1.29, 1.82) is 0 Å². The number of thiophene rings is 2. The van der Waals surface area contributed by atoms with Crippen LogP contribution in [0.3, 0.4) is 0 Å². The highest BCUT2D eigenvalue weighted by Gasteiger charge is 2.21. The van der Waals surface area contributed by atoms with E-state index in [1.807, 2.05) is 35.7 Å². The van der Waals surface area contributed by atoms with Crippen molar-refractivity contribution in [3.8, 4) is 0 Å². The molecule has 0 saturated carbocycles. The Morgan fingerprint density at radius 1 is 1.13 bits per heavy atom. The van der Waals surface area contributed by atoms with E-state index in [9.17, 15) is 14.4 Å². The summed E-state index contributed by atoms with van der Waals surface area (Å²) in [4.78, 5) is 43.5. The number of fused-ring (bicyclic) bond motifs is 1. The van der Waals surface area contributed by atoms with Gasteiger partial charge in [0.15, 0.2) is 5.78 Å². The summed E-state index contributed by atoms with van der Waals surface area (Å²) < 4.78 is 6.69. The van der Waals surface area contributed by atoms with E-state index in [2.05, 4.69) is 4.98 Å². The normalized spacial score (nSPS) is 11.0. The molecule has 3 aromatic heterocycles. The SMILES string of the molecule is Cc1c(C(=O)OCCc2ccccc2)sc2ncn(CC(=O)c3cccs3)c(=O)c12. The zero-order valence-electron chi connectivity index (χ0n) is 16.2. The molecule has 0 radical (unpaired) electrons. The van der Waals surface area contributed by atoms with Gasteiger partial charge in [-0.1, -0.05) is 36.4 Å². The Labute approximate surface area is 180 Å². The van der Waals surface area contributed by atoms with Gasteiger partial charge in [-0.3, -0.25) is 14.2 Å². The molecular weight excluding hydrogens is 420 g/mol. The molecule has 0 bridgehead atoms. The maximum Gasteiger partial charge on any atom is 0.348 e. The first-order valence-electron chi connectivity index (χ1n) is 9.31. The van der Waals surface area contributed by atoms with Crippen LogP contribution < -0.4 is 5.56 Å². The second kappa shape index (κ2) is 8.73. The van der Waals surface area contributed by atoms with Gasteiger partial charge in [0.25, 0.3) is 5.56 Å². The minimum atomic E-state index is -0.466. The van der Waals surface area contributed by atoms with Gasteiger partial charge in [-0.15, -0.1) is 22.7 Å². The number of ketones is 1. The molecule has 152 valence electrons. The van der Waals surface area contributed by atoms with Crippen molar-refractivity contribution < 1.29 is 14.3 Å². The molecule has 0 aliphatic carbocycles. The molecule has 0 amide bonds. The number of benzene rings is 1. The largest absolute Gasteiger partial charge is 0.461 e. The third-order valence-corrected chi connectivity index (χ3v) is 6.77. The molecule has 0 saturated heterocycles. The molecule has 0 aliphatic heterocycles. The Kier molecular flexibility index (Phi) is 5.87. The number of ether oxygens (including phenoxy) is 1.